The summed E-state index contributed by atoms with van der Waals surface area (Å²) in [7, 11) is 3.07. The van der Waals surface area contributed by atoms with Crippen molar-refractivity contribution in [2.24, 2.45) is 0 Å². The van der Waals surface area contributed by atoms with Crippen LogP contribution in [0.4, 0.5) is 0 Å². The van der Waals surface area contributed by atoms with E-state index in [0.29, 0.717) is 13.0 Å². The van der Waals surface area contributed by atoms with Crippen LogP contribution in [0, 0.1) is 0 Å². The van der Waals surface area contributed by atoms with Gasteiger partial charge in [0.1, 0.15) is 5.54 Å². The summed E-state index contributed by atoms with van der Waals surface area (Å²) in [6.45, 7) is 1.47. The number of carbonyl (C=O) groups excluding carboxylic acids is 1. The zero-order valence-corrected chi connectivity index (χ0v) is 8.26. The van der Waals surface area contributed by atoms with Gasteiger partial charge in [0.05, 0.1) is 7.11 Å². The topological polar surface area (TPSA) is 47.6 Å². The zero-order valence-electron chi connectivity index (χ0n) is 8.26. The van der Waals surface area contributed by atoms with Gasteiger partial charge < -0.3 is 14.8 Å². The van der Waals surface area contributed by atoms with Gasteiger partial charge in [-0.1, -0.05) is 0 Å². The SMILES string of the molecule is COCCC1(C(=O)OC)CCCN1. The van der Waals surface area contributed by atoms with E-state index in [1.165, 1.54) is 7.11 Å². The van der Waals surface area contributed by atoms with Crippen LogP contribution in [0.1, 0.15) is 19.3 Å². The second-order valence-electron chi connectivity index (χ2n) is 3.35. The molecule has 1 atom stereocenters. The Balaban J connectivity index is 2.57. The van der Waals surface area contributed by atoms with Crippen molar-refractivity contribution in [2.45, 2.75) is 24.8 Å². The van der Waals surface area contributed by atoms with E-state index in [0.717, 1.165) is 19.4 Å². The highest BCUT2D eigenvalue weighted by atomic mass is 16.5. The summed E-state index contributed by atoms with van der Waals surface area (Å²) in [5.41, 5.74) is -0.481. The first-order valence-corrected chi connectivity index (χ1v) is 4.57. The molecule has 0 amide bonds. The number of nitrogens with one attached hydrogen (secondary N) is 1. The van der Waals surface area contributed by atoms with Crippen molar-refractivity contribution in [3.8, 4) is 0 Å². The van der Waals surface area contributed by atoms with E-state index in [1.807, 2.05) is 0 Å². The first kappa shape index (κ1) is 10.5. The van der Waals surface area contributed by atoms with E-state index in [2.05, 4.69) is 5.32 Å². The summed E-state index contributed by atoms with van der Waals surface area (Å²) in [6, 6.07) is 0. The molecule has 0 aromatic rings. The van der Waals surface area contributed by atoms with Gasteiger partial charge in [-0.2, -0.15) is 0 Å². The molecule has 0 aromatic heterocycles. The predicted octanol–water partition coefficient (Wildman–Crippen LogP) is 0.318. The second-order valence-corrected chi connectivity index (χ2v) is 3.35. The van der Waals surface area contributed by atoms with Gasteiger partial charge in [0.25, 0.3) is 0 Å². The summed E-state index contributed by atoms with van der Waals surface area (Å²) in [5, 5.41) is 3.20. The first-order valence-electron chi connectivity index (χ1n) is 4.57. The lowest BCUT2D eigenvalue weighted by Crippen LogP contribution is -2.49. The standard InChI is InChI=1S/C9H17NO3/c1-12-7-5-9(8(11)13-2)4-3-6-10-9/h10H,3-7H2,1-2H3. The molecule has 0 aliphatic carbocycles. The van der Waals surface area contributed by atoms with Gasteiger partial charge in [0.2, 0.25) is 0 Å². The van der Waals surface area contributed by atoms with Crippen LogP contribution in [-0.4, -0.2) is 38.9 Å². The molecule has 1 aliphatic heterocycles. The Bertz CT molecular complexity index is 176. The van der Waals surface area contributed by atoms with E-state index >= 15 is 0 Å². The monoisotopic (exact) mass is 187 g/mol. The van der Waals surface area contributed by atoms with Crippen molar-refractivity contribution in [3.63, 3.8) is 0 Å². The number of esters is 1. The maximum absolute atomic E-state index is 11.5. The minimum Gasteiger partial charge on any atom is -0.468 e. The van der Waals surface area contributed by atoms with Crippen LogP contribution < -0.4 is 5.32 Å². The van der Waals surface area contributed by atoms with Crippen LogP contribution in [0.3, 0.4) is 0 Å². The van der Waals surface area contributed by atoms with E-state index < -0.39 is 5.54 Å². The lowest BCUT2D eigenvalue weighted by molar-refractivity contribution is -0.148. The molecule has 1 unspecified atom stereocenters. The van der Waals surface area contributed by atoms with Gasteiger partial charge in [0.15, 0.2) is 0 Å². The second kappa shape index (κ2) is 4.58. The van der Waals surface area contributed by atoms with Gasteiger partial charge in [-0.05, 0) is 25.8 Å². The molecule has 1 heterocycles. The van der Waals surface area contributed by atoms with Gasteiger partial charge in [0, 0.05) is 13.7 Å². The molecule has 1 fully saturated rings. The molecule has 0 spiro atoms. The number of carbonyl (C=O) groups is 1. The number of rotatable bonds is 4. The molecule has 1 saturated heterocycles. The Morgan fingerprint density at radius 1 is 1.54 bits per heavy atom. The van der Waals surface area contributed by atoms with Gasteiger partial charge in [-0.3, -0.25) is 4.79 Å². The minimum absolute atomic E-state index is 0.165. The minimum atomic E-state index is -0.481. The summed E-state index contributed by atoms with van der Waals surface area (Å²) < 4.78 is 9.75. The number of hydrogen-bond donors (Lipinski definition) is 1. The highest BCUT2D eigenvalue weighted by molar-refractivity contribution is 5.81. The largest absolute Gasteiger partial charge is 0.468 e. The van der Waals surface area contributed by atoms with Crippen molar-refractivity contribution in [1.82, 2.24) is 5.32 Å². The molecule has 4 heteroatoms. The molecule has 0 saturated carbocycles. The fraction of sp³-hybridized carbons (Fsp3) is 0.889. The average molecular weight is 187 g/mol. The quantitative estimate of drug-likeness (QED) is 0.644. The Labute approximate surface area is 78.6 Å². The molecule has 0 aromatic carbocycles. The average Bonchev–Trinajstić information content (AvgIpc) is 2.63. The lowest BCUT2D eigenvalue weighted by atomic mass is 9.94. The highest BCUT2D eigenvalue weighted by Crippen LogP contribution is 2.24. The fourth-order valence-electron chi connectivity index (χ4n) is 1.77. The van der Waals surface area contributed by atoms with Crippen LogP contribution >= 0.6 is 0 Å². The smallest absolute Gasteiger partial charge is 0.326 e. The Kier molecular flexibility index (Phi) is 3.69. The Hall–Kier alpha value is -0.610. The van der Waals surface area contributed by atoms with Crippen LogP contribution in [0.2, 0.25) is 0 Å². The van der Waals surface area contributed by atoms with Crippen LogP contribution in [0.5, 0.6) is 0 Å². The summed E-state index contributed by atoms with van der Waals surface area (Å²) in [5.74, 6) is -0.165. The van der Waals surface area contributed by atoms with E-state index in [-0.39, 0.29) is 5.97 Å². The van der Waals surface area contributed by atoms with Gasteiger partial charge >= 0.3 is 5.97 Å². The molecule has 13 heavy (non-hydrogen) atoms. The molecular weight excluding hydrogens is 170 g/mol. The van der Waals surface area contributed by atoms with Crippen molar-refractivity contribution in [3.05, 3.63) is 0 Å². The molecule has 1 aliphatic rings. The summed E-state index contributed by atoms with van der Waals surface area (Å²) in [6.07, 6.45) is 2.57. The van der Waals surface area contributed by atoms with Crippen molar-refractivity contribution < 1.29 is 14.3 Å². The first-order chi connectivity index (χ1) is 6.25. The van der Waals surface area contributed by atoms with E-state index in [1.54, 1.807) is 7.11 Å². The molecule has 76 valence electrons. The van der Waals surface area contributed by atoms with E-state index in [9.17, 15) is 4.79 Å². The molecule has 4 nitrogen and oxygen atoms in total. The van der Waals surface area contributed by atoms with Gasteiger partial charge in [-0.25, -0.2) is 0 Å². The molecule has 0 radical (unpaired) electrons. The highest BCUT2D eigenvalue weighted by Gasteiger charge is 2.41. The molecular formula is C9H17NO3. The molecule has 1 N–H and O–H groups in total. The Morgan fingerprint density at radius 2 is 2.31 bits per heavy atom. The third-order valence-corrected chi connectivity index (χ3v) is 2.55. The number of ether oxygens (including phenoxy) is 2. The van der Waals surface area contributed by atoms with Crippen molar-refractivity contribution in [1.29, 1.82) is 0 Å². The predicted molar refractivity (Wildman–Crippen MR) is 48.5 cm³/mol. The van der Waals surface area contributed by atoms with E-state index in [4.69, 9.17) is 9.47 Å². The van der Waals surface area contributed by atoms with Crippen LogP contribution in [-0.2, 0) is 14.3 Å². The molecule has 0 bridgehead atoms. The Morgan fingerprint density at radius 3 is 2.77 bits per heavy atom. The maximum Gasteiger partial charge on any atom is 0.326 e. The summed E-state index contributed by atoms with van der Waals surface area (Å²) in [4.78, 5) is 11.5. The number of hydrogen-bond acceptors (Lipinski definition) is 4. The van der Waals surface area contributed by atoms with Crippen molar-refractivity contribution >= 4 is 5.97 Å². The number of methoxy groups -OCH3 is 2. The lowest BCUT2D eigenvalue weighted by Gasteiger charge is -2.25. The third-order valence-electron chi connectivity index (χ3n) is 2.55. The van der Waals surface area contributed by atoms with Gasteiger partial charge in [-0.15, -0.1) is 0 Å². The van der Waals surface area contributed by atoms with Crippen LogP contribution in [0.15, 0.2) is 0 Å². The van der Waals surface area contributed by atoms with Crippen molar-refractivity contribution in [2.75, 3.05) is 27.4 Å². The summed E-state index contributed by atoms with van der Waals surface area (Å²) >= 11 is 0. The van der Waals surface area contributed by atoms with Crippen LogP contribution in [0.25, 0.3) is 0 Å². The normalized spacial score (nSPS) is 27.5. The fourth-order valence-corrected chi connectivity index (χ4v) is 1.77. The maximum atomic E-state index is 11.5. The third kappa shape index (κ3) is 2.19. The molecule has 1 rings (SSSR count). The zero-order chi connectivity index (χ0) is 9.73.